The second-order valence-electron chi connectivity index (χ2n) is 7.70. The monoisotopic (exact) mass is 428 g/mol. The molecular formula is C23H21ClO4S. The number of hydrogen-bond acceptors (Lipinski definition) is 4. The molecule has 1 unspecified atom stereocenters. The molecule has 150 valence electrons. The van der Waals surface area contributed by atoms with Gasteiger partial charge in [0.1, 0.15) is 17.5 Å². The van der Waals surface area contributed by atoms with Gasteiger partial charge in [-0.2, -0.15) is 0 Å². The lowest BCUT2D eigenvalue weighted by molar-refractivity contribution is -0.0512. The van der Waals surface area contributed by atoms with Gasteiger partial charge in [-0.15, -0.1) is 0 Å². The van der Waals surface area contributed by atoms with E-state index in [0.29, 0.717) is 16.3 Å². The highest BCUT2D eigenvalue weighted by Gasteiger charge is 2.44. The Morgan fingerprint density at radius 2 is 1.66 bits per heavy atom. The van der Waals surface area contributed by atoms with Gasteiger partial charge in [-0.1, -0.05) is 41.9 Å². The fourth-order valence-electron chi connectivity index (χ4n) is 3.74. The second-order valence-corrected chi connectivity index (χ2v) is 10.1. The Labute approximate surface area is 175 Å². The van der Waals surface area contributed by atoms with E-state index < -0.39 is 27.5 Å². The second kappa shape index (κ2) is 7.17. The largest absolute Gasteiger partial charge is 0.485 e. The predicted octanol–water partition coefficient (Wildman–Crippen LogP) is 4.84. The van der Waals surface area contributed by atoms with Crippen molar-refractivity contribution in [1.82, 2.24) is 0 Å². The number of halogens is 1. The molecule has 0 bridgehead atoms. The van der Waals surface area contributed by atoms with Gasteiger partial charge in [0.05, 0.1) is 9.79 Å². The molecule has 6 heteroatoms. The van der Waals surface area contributed by atoms with Crippen molar-refractivity contribution in [3.8, 4) is 5.75 Å². The fraction of sp³-hybridized carbons (Fsp3) is 0.217. The number of sulfone groups is 1. The lowest BCUT2D eigenvalue weighted by Crippen LogP contribution is -2.49. The van der Waals surface area contributed by atoms with Crippen LogP contribution in [0, 0.1) is 0 Å². The standard InChI is InChI=1S/C23H21ClO4S/c1-23(2)22(25)21(15-7-6-8-16(24)13-15)19-14-18(11-12-20(19)28-23)29(26,27)17-9-4-3-5-10-17/h3-14,21-22,25H,1-2H3/t21?,22-/m0/s1. The van der Waals surface area contributed by atoms with Crippen LogP contribution in [-0.4, -0.2) is 25.2 Å². The van der Waals surface area contributed by atoms with Crippen LogP contribution in [0.25, 0.3) is 0 Å². The summed E-state index contributed by atoms with van der Waals surface area (Å²) in [6, 6.07) is 20.3. The minimum absolute atomic E-state index is 0.157. The SMILES string of the molecule is CC1(C)Oc2ccc(S(=O)(=O)c3ccccc3)cc2C(c2cccc(Cl)c2)[C@@H]1O. The average Bonchev–Trinajstić information content (AvgIpc) is 2.69. The van der Waals surface area contributed by atoms with Crippen molar-refractivity contribution in [3.63, 3.8) is 0 Å². The smallest absolute Gasteiger partial charge is 0.206 e. The first-order chi connectivity index (χ1) is 13.7. The van der Waals surface area contributed by atoms with E-state index >= 15 is 0 Å². The number of fused-ring (bicyclic) bond motifs is 1. The summed E-state index contributed by atoms with van der Waals surface area (Å²) in [5.41, 5.74) is 0.577. The normalized spacial score (nSPS) is 20.6. The zero-order valence-electron chi connectivity index (χ0n) is 16.0. The van der Waals surface area contributed by atoms with Gasteiger partial charge in [0, 0.05) is 16.5 Å². The number of ether oxygens (including phenoxy) is 1. The van der Waals surface area contributed by atoms with Gasteiger partial charge in [0.25, 0.3) is 0 Å². The first-order valence-corrected chi connectivity index (χ1v) is 11.1. The molecule has 0 spiro atoms. The van der Waals surface area contributed by atoms with Crippen molar-refractivity contribution in [2.45, 2.75) is 41.3 Å². The Kier molecular flexibility index (Phi) is 4.93. The molecule has 1 N–H and O–H groups in total. The maximum Gasteiger partial charge on any atom is 0.206 e. The lowest BCUT2D eigenvalue weighted by atomic mass is 9.77. The summed E-state index contributed by atoms with van der Waals surface area (Å²) in [6.07, 6.45) is -0.886. The van der Waals surface area contributed by atoms with Crippen LogP contribution in [-0.2, 0) is 9.84 Å². The molecule has 0 saturated carbocycles. The van der Waals surface area contributed by atoms with Gasteiger partial charge >= 0.3 is 0 Å². The summed E-state index contributed by atoms with van der Waals surface area (Å²) in [5.74, 6) is 0.0793. The van der Waals surface area contributed by atoms with E-state index in [9.17, 15) is 13.5 Å². The molecule has 3 aromatic carbocycles. The van der Waals surface area contributed by atoms with E-state index in [2.05, 4.69) is 0 Å². The Morgan fingerprint density at radius 3 is 2.34 bits per heavy atom. The fourth-order valence-corrected chi connectivity index (χ4v) is 5.26. The quantitative estimate of drug-likeness (QED) is 0.648. The molecule has 0 radical (unpaired) electrons. The summed E-state index contributed by atoms with van der Waals surface area (Å²) >= 11 is 6.19. The summed E-state index contributed by atoms with van der Waals surface area (Å²) in [4.78, 5) is 0.377. The summed E-state index contributed by atoms with van der Waals surface area (Å²) < 4.78 is 32.2. The van der Waals surface area contributed by atoms with Crippen molar-refractivity contribution in [2.75, 3.05) is 0 Å². The summed E-state index contributed by atoms with van der Waals surface area (Å²) in [6.45, 7) is 3.62. The maximum atomic E-state index is 13.1. The topological polar surface area (TPSA) is 63.6 Å². The van der Waals surface area contributed by atoms with Crippen LogP contribution in [0.15, 0.2) is 82.6 Å². The first-order valence-electron chi connectivity index (χ1n) is 9.27. The molecule has 4 rings (SSSR count). The molecule has 4 nitrogen and oxygen atoms in total. The molecule has 29 heavy (non-hydrogen) atoms. The minimum Gasteiger partial charge on any atom is -0.485 e. The highest BCUT2D eigenvalue weighted by Crippen LogP contribution is 2.45. The Bertz CT molecular complexity index is 1160. The zero-order chi connectivity index (χ0) is 20.8. The van der Waals surface area contributed by atoms with E-state index in [0.717, 1.165) is 5.56 Å². The van der Waals surface area contributed by atoms with Gasteiger partial charge < -0.3 is 9.84 Å². The van der Waals surface area contributed by atoms with Crippen LogP contribution >= 0.6 is 11.6 Å². The van der Waals surface area contributed by atoms with E-state index in [4.69, 9.17) is 16.3 Å². The number of aliphatic hydroxyl groups excluding tert-OH is 1. The van der Waals surface area contributed by atoms with Crippen molar-refractivity contribution >= 4 is 21.4 Å². The highest BCUT2D eigenvalue weighted by atomic mass is 35.5. The third-order valence-electron chi connectivity index (χ3n) is 5.29. The van der Waals surface area contributed by atoms with Crippen molar-refractivity contribution < 1.29 is 18.3 Å². The summed E-state index contributed by atoms with van der Waals surface area (Å²) in [5, 5.41) is 11.6. The van der Waals surface area contributed by atoms with Crippen LogP contribution in [0.3, 0.4) is 0 Å². The highest BCUT2D eigenvalue weighted by molar-refractivity contribution is 7.91. The zero-order valence-corrected chi connectivity index (χ0v) is 17.6. The van der Waals surface area contributed by atoms with E-state index in [1.807, 2.05) is 26.0 Å². The lowest BCUT2D eigenvalue weighted by Gasteiger charge is -2.42. The molecule has 1 aliphatic heterocycles. The van der Waals surface area contributed by atoms with E-state index in [1.165, 1.54) is 0 Å². The maximum absolute atomic E-state index is 13.1. The predicted molar refractivity (Wildman–Crippen MR) is 112 cm³/mol. The molecule has 0 fully saturated rings. The van der Waals surface area contributed by atoms with Gasteiger partial charge in [-0.25, -0.2) is 8.42 Å². The number of rotatable bonds is 3. The molecule has 2 atom stereocenters. The summed E-state index contributed by atoms with van der Waals surface area (Å²) in [7, 11) is -3.70. The van der Waals surface area contributed by atoms with E-state index in [1.54, 1.807) is 60.7 Å². The van der Waals surface area contributed by atoms with Gasteiger partial charge in [-0.05, 0) is 61.9 Å². The molecular weight excluding hydrogens is 408 g/mol. The van der Waals surface area contributed by atoms with Crippen LogP contribution in [0.5, 0.6) is 5.75 Å². The Hall–Kier alpha value is -2.34. The van der Waals surface area contributed by atoms with Gasteiger partial charge in [-0.3, -0.25) is 0 Å². The third-order valence-corrected chi connectivity index (χ3v) is 7.29. The van der Waals surface area contributed by atoms with Gasteiger partial charge in [0.2, 0.25) is 9.84 Å². The minimum atomic E-state index is -3.70. The van der Waals surface area contributed by atoms with Gasteiger partial charge in [0.15, 0.2) is 0 Å². The molecule has 0 amide bonds. The Morgan fingerprint density at radius 1 is 0.931 bits per heavy atom. The molecule has 0 aromatic heterocycles. The molecule has 3 aromatic rings. The van der Waals surface area contributed by atoms with Crippen molar-refractivity contribution in [3.05, 3.63) is 88.9 Å². The molecule has 0 saturated heterocycles. The Balaban J connectivity index is 1.90. The average molecular weight is 429 g/mol. The number of aliphatic hydroxyl groups is 1. The molecule has 1 heterocycles. The van der Waals surface area contributed by atoms with Crippen molar-refractivity contribution in [2.24, 2.45) is 0 Å². The molecule has 0 aliphatic carbocycles. The van der Waals surface area contributed by atoms with Crippen molar-refractivity contribution in [1.29, 1.82) is 0 Å². The molecule has 1 aliphatic rings. The van der Waals surface area contributed by atoms with Crippen LogP contribution in [0.4, 0.5) is 0 Å². The first kappa shape index (κ1) is 20.0. The van der Waals surface area contributed by atoms with Crippen LogP contribution in [0.1, 0.15) is 30.9 Å². The number of hydrogen-bond donors (Lipinski definition) is 1. The third kappa shape index (κ3) is 3.54. The number of benzene rings is 3. The van der Waals surface area contributed by atoms with Crippen LogP contribution in [0.2, 0.25) is 5.02 Å². The van der Waals surface area contributed by atoms with Crippen LogP contribution < -0.4 is 4.74 Å². The van der Waals surface area contributed by atoms with E-state index in [-0.39, 0.29) is 9.79 Å².